The number of hydrogen-bond acceptors (Lipinski definition) is 4. The van der Waals surface area contributed by atoms with E-state index in [0.717, 1.165) is 39.0 Å². The van der Waals surface area contributed by atoms with Crippen LogP contribution in [0.15, 0.2) is 121 Å². The summed E-state index contributed by atoms with van der Waals surface area (Å²) >= 11 is 0. The third-order valence-electron chi connectivity index (χ3n) is 10.3. The molecule has 0 aliphatic heterocycles. The van der Waals surface area contributed by atoms with Crippen LogP contribution in [0.2, 0.25) is 0 Å². The first-order chi connectivity index (χ1) is 28.9. The van der Waals surface area contributed by atoms with Gasteiger partial charge in [0.1, 0.15) is 0 Å². The second kappa shape index (κ2) is 48.1. The van der Waals surface area contributed by atoms with Crippen LogP contribution in [0.3, 0.4) is 0 Å². The summed E-state index contributed by atoms with van der Waals surface area (Å²) in [6, 6.07) is 43.3. The van der Waals surface area contributed by atoms with E-state index in [4.69, 9.17) is 0 Å². The Bertz CT molecular complexity index is 1350. The number of hydrogen-bond donors (Lipinski definition) is 0. The first kappa shape index (κ1) is 66.3. The Hall–Kier alpha value is -2.35. The van der Waals surface area contributed by atoms with Crippen LogP contribution >= 0.6 is 0 Å². The van der Waals surface area contributed by atoms with Crippen molar-refractivity contribution in [3.05, 3.63) is 156 Å². The standard InChI is InChI=1S/2C20H25.4C4H11N.2Li/c1-2-3-14-19(20-15-8-5-9-16-20)17-10-13-18-11-6-4-7-12-18;1-2-3-6-13-20(19-14-9-5-10-15-19)17-16-18-11-7-4-8-12-18;4*1-4-5(2)3;;/h4-9,11-13,15-16,19H,2-3,10,14,17H2,1H3;4-5,7-12,14-16,20H,2-3,6,13,17H2,1H3;4*4H2,1-3H3;;/q2*-1;;;;;2*+1. The molecule has 0 N–H and O–H groups in total. The van der Waals surface area contributed by atoms with Gasteiger partial charge in [0, 0.05) is 0 Å². The number of benzene rings is 4. The molecule has 6 heteroatoms. The SMILES string of the molecule is CCCCC(CC[CH-]c1ccccc1)c1ccccc1.CCCCCC(C[CH-]c1ccccc1)c1ccccc1.CCN(C)C.CCN(C)C.CCN(C)C.CCN(C)C.[Li+].[Li+]. The quantitative estimate of drug-likeness (QED) is 0.0506. The van der Waals surface area contributed by atoms with Gasteiger partial charge in [0.05, 0.1) is 0 Å². The van der Waals surface area contributed by atoms with Crippen LogP contribution in [0, 0.1) is 12.8 Å². The maximum Gasteiger partial charge on any atom is 1.00 e. The molecular formula is C56H94Li2N4. The molecule has 4 nitrogen and oxygen atoms in total. The molecule has 4 aromatic carbocycles. The van der Waals surface area contributed by atoms with Gasteiger partial charge in [0.2, 0.25) is 0 Å². The van der Waals surface area contributed by atoms with Crippen molar-refractivity contribution < 1.29 is 37.7 Å². The van der Waals surface area contributed by atoms with Gasteiger partial charge in [0.15, 0.2) is 0 Å². The molecule has 4 aromatic rings. The van der Waals surface area contributed by atoms with Crippen molar-refractivity contribution in [1.29, 1.82) is 0 Å². The summed E-state index contributed by atoms with van der Waals surface area (Å²) in [5, 5.41) is 0. The Morgan fingerprint density at radius 2 is 0.677 bits per heavy atom. The van der Waals surface area contributed by atoms with E-state index in [1.165, 1.54) is 73.6 Å². The average Bonchev–Trinajstić information content (AvgIpc) is 3.28. The summed E-state index contributed by atoms with van der Waals surface area (Å²) in [4.78, 5) is 8.50. The van der Waals surface area contributed by atoms with Gasteiger partial charge < -0.3 is 19.6 Å². The zero-order valence-corrected chi connectivity index (χ0v) is 43.5. The summed E-state index contributed by atoms with van der Waals surface area (Å²) in [7, 11) is 16.4. The van der Waals surface area contributed by atoms with E-state index < -0.39 is 0 Å². The molecule has 0 saturated heterocycles. The predicted octanol–water partition coefficient (Wildman–Crippen LogP) is 8.27. The van der Waals surface area contributed by atoms with Gasteiger partial charge in [0.25, 0.3) is 0 Å². The van der Waals surface area contributed by atoms with E-state index in [1.807, 2.05) is 0 Å². The molecule has 0 fully saturated rings. The third kappa shape index (κ3) is 42.9. The molecule has 62 heavy (non-hydrogen) atoms. The molecule has 0 aromatic heterocycles. The molecule has 0 aliphatic rings. The fraction of sp³-hybridized carbons (Fsp3) is 0.536. The van der Waals surface area contributed by atoms with Crippen molar-refractivity contribution >= 4 is 0 Å². The molecule has 0 spiro atoms. The molecule has 0 saturated carbocycles. The maximum absolute atomic E-state index is 2.38. The van der Waals surface area contributed by atoms with Gasteiger partial charge in [-0.05, 0) is 118 Å². The number of nitrogens with zero attached hydrogens (tertiary/aromatic N) is 4. The van der Waals surface area contributed by atoms with Gasteiger partial charge in [-0.25, -0.2) is 0 Å². The van der Waals surface area contributed by atoms with Gasteiger partial charge >= 0.3 is 37.7 Å². The van der Waals surface area contributed by atoms with Crippen molar-refractivity contribution in [3.63, 3.8) is 0 Å². The van der Waals surface area contributed by atoms with Crippen molar-refractivity contribution in [2.45, 2.75) is 118 Å². The van der Waals surface area contributed by atoms with Crippen LogP contribution < -0.4 is 37.7 Å². The molecule has 2 atom stereocenters. The first-order valence-electron chi connectivity index (χ1n) is 23.3. The van der Waals surface area contributed by atoms with Crippen molar-refractivity contribution in [2.24, 2.45) is 0 Å². The molecule has 340 valence electrons. The Kier molecular flexibility index (Phi) is 51.4. The van der Waals surface area contributed by atoms with E-state index in [9.17, 15) is 0 Å². The zero-order valence-electron chi connectivity index (χ0n) is 43.5. The molecule has 0 bridgehead atoms. The minimum Gasteiger partial charge on any atom is -0.310 e. The van der Waals surface area contributed by atoms with E-state index in [2.05, 4.69) is 252 Å². The molecular weight excluding hydrogens is 743 g/mol. The first-order valence-corrected chi connectivity index (χ1v) is 23.3. The van der Waals surface area contributed by atoms with E-state index in [-0.39, 0.29) is 37.7 Å². The summed E-state index contributed by atoms with van der Waals surface area (Å²) in [6.07, 6.45) is 17.5. The van der Waals surface area contributed by atoms with Crippen LogP contribution in [0.4, 0.5) is 0 Å². The average molecular weight is 837 g/mol. The monoisotopic (exact) mass is 837 g/mol. The fourth-order valence-electron chi connectivity index (χ4n) is 5.35. The minimum absolute atomic E-state index is 0. The molecule has 0 aliphatic carbocycles. The molecule has 0 heterocycles. The van der Waals surface area contributed by atoms with Crippen LogP contribution in [0.1, 0.15) is 140 Å². The van der Waals surface area contributed by atoms with Gasteiger partial charge in [-0.3, -0.25) is 0 Å². The summed E-state index contributed by atoms with van der Waals surface area (Å²) in [6.45, 7) is 17.6. The largest absolute Gasteiger partial charge is 1.00 e. The van der Waals surface area contributed by atoms with Crippen molar-refractivity contribution in [2.75, 3.05) is 82.6 Å². The maximum atomic E-state index is 2.38. The Morgan fingerprint density at radius 1 is 0.371 bits per heavy atom. The Morgan fingerprint density at radius 3 is 1.02 bits per heavy atom. The summed E-state index contributed by atoms with van der Waals surface area (Å²) in [5.74, 6) is 1.36. The third-order valence-corrected chi connectivity index (χ3v) is 10.3. The second-order valence-electron chi connectivity index (χ2n) is 16.5. The van der Waals surface area contributed by atoms with Crippen LogP contribution in [-0.4, -0.2) is 102 Å². The van der Waals surface area contributed by atoms with Gasteiger partial charge in [-0.1, -0.05) is 166 Å². The van der Waals surface area contributed by atoms with Gasteiger partial charge in [-0.15, -0.1) is 24.3 Å². The van der Waals surface area contributed by atoms with Crippen LogP contribution in [-0.2, 0) is 0 Å². The molecule has 0 amide bonds. The molecule has 4 rings (SSSR count). The Balaban J connectivity index is -0.000000371. The second-order valence-corrected chi connectivity index (χ2v) is 16.5. The number of rotatable bonds is 20. The fourth-order valence-corrected chi connectivity index (χ4v) is 5.35. The number of unbranched alkanes of at least 4 members (excludes halogenated alkanes) is 3. The smallest absolute Gasteiger partial charge is 0.310 e. The molecule has 2 unspecified atom stereocenters. The van der Waals surface area contributed by atoms with Crippen LogP contribution in [0.25, 0.3) is 0 Å². The van der Waals surface area contributed by atoms with E-state index >= 15 is 0 Å². The summed E-state index contributed by atoms with van der Waals surface area (Å²) < 4.78 is 0. The van der Waals surface area contributed by atoms with Gasteiger partial charge in [-0.2, -0.15) is 48.2 Å². The van der Waals surface area contributed by atoms with Crippen molar-refractivity contribution in [1.82, 2.24) is 19.6 Å². The summed E-state index contributed by atoms with van der Waals surface area (Å²) in [5.41, 5.74) is 5.66. The zero-order chi connectivity index (χ0) is 45.2. The van der Waals surface area contributed by atoms with E-state index in [1.54, 1.807) is 0 Å². The topological polar surface area (TPSA) is 13.0 Å². The van der Waals surface area contributed by atoms with E-state index in [0.29, 0.717) is 11.8 Å². The molecule has 0 radical (unpaired) electrons. The predicted molar refractivity (Wildman–Crippen MR) is 272 cm³/mol. The van der Waals surface area contributed by atoms with Crippen molar-refractivity contribution in [3.8, 4) is 0 Å². The Labute approximate surface area is 411 Å². The normalized spacial score (nSPS) is 10.9. The minimum atomic E-state index is 0. The van der Waals surface area contributed by atoms with Crippen LogP contribution in [0.5, 0.6) is 0 Å².